The second kappa shape index (κ2) is 13.6. The summed E-state index contributed by atoms with van der Waals surface area (Å²) in [5.41, 5.74) is 2.28. The maximum absolute atomic E-state index is 14.3. The molecule has 1 aliphatic carbocycles. The first-order valence-corrected chi connectivity index (χ1v) is 16.3. The van der Waals surface area contributed by atoms with Crippen molar-refractivity contribution in [1.82, 2.24) is 24.6 Å². The third-order valence-corrected chi connectivity index (χ3v) is 9.66. The number of amides is 2. The summed E-state index contributed by atoms with van der Waals surface area (Å²) in [7, 11) is -0.794. The van der Waals surface area contributed by atoms with Gasteiger partial charge in [-0.1, -0.05) is 48.7 Å². The number of nitrogens with one attached hydrogen (secondary N) is 1. The van der Waals surface area contributed by atoms with Crippen molar-refractivity contribution in [1.29, 1.82) is 0 Å². The molecule has 1 saturated carbocycles. The number of hydrogen-bond donors (Lipinski definition) is 1. The average Bonchev–Trinajstić information content (AvgIpc) is 3.43. The highest BCUT2D eigenvalue weighted by molar-refractivity contribution is 7.89. The van der Waals surface area contributed by atoms with E-state index < -0.39 is 22.0 Å². The number of carbonyl (C=O) groups excluding carboxylic acids is 2. The quantitative estimate of drug-likeness (QED) is 0.266. The molecule has 0 saturated heterocycles. The van der Waals surface area contributed by atoms with E-state index in [0.717, 1.165) is 36.4 Å². The lowest BCUT2D eigenvalue weighted by Gasteiger charge is -2.33. The van der Waals surface area contributed by atoms with Gasteiger partial charge < -0.3 is 10.1 Å². The molecule has 1 atom stereocenters. The van der Waals surface area contributed by atoms with E-state index in [-0.39, 0.29) is 23.4 Å². The van der Waals surface area contributed by atoms with Gasteiger partial charge in [-0.2, -0.15) is 0 Å². The minimum atomic E-state index is -3.71. The fraction of sp³-hybridized carbons (Fsp3) is 0.375. The van der Waals surface area contributed by atoms with Crippen molar-refractivity contribution in [2.45, 2.75) is 62.6 Å². The zero-order valence-corrected chi connectivity index (χ0v) is 26.0. The Bertz CT molecular complexity index is 1700. The van der Waals surface area contributed by atoms with Crippen molar-refractivity contribution in [2.75, 3.05) is 25.6 Å². The minimum absolute atomic E-state index is 0.00488. The minimum Gasteiger partial charge on any atom is -0.494 e. The third kappa shape index (κ3) is 6.76. The van der Waals surface area contributed by atoms with Gasteiger partial charge in [-0.25, -0.2) is 17.4 Å². The number of para-hydroxylation sites is 1. The van der Waals surface area contributed by atoms with Gasteiger partial charge in [0.1, 0.15) is 23.9 Å². The third-order valence-electron chi connectivity index (χ3n) is 7.83. The number of anilines is 1. The summed E-state index contributed by atoms with van der Waals surface area (Å²) >= 11 is 0. The van der Waals surface area contributed by atoms with Gasteiger partial charge in [-0.3, -0.25) is 14.5 Å². The van der Waals surface area contributed by atoms with Gasteiger partial charge in [0.15, 0.2) is 0 Å². The highest BCUT2D eigenvalue weighted by Gasteiger charge is 2.35. The van der Waals surface area contributed by atoms with Crippen LogP contribution < -0.4 is 15.0 Å². The first-order chi connectivity index (χ1) is 21.2. The van der Waals surface area contributed by atoms with Crippen molar-refractivity contribution < 1.29 is 22.7 Å². The Morgan fingerprint density at radius 2 is 1.66 bits per heavy atom. The van der Waals surface area contributed by atoms with Crippen molar-refractivity contribution >= 4 is 38.6 Å². The number of nitrogens with zero attached hydrogens (tertiary/aromatic N) is 5. The molecule has 1 fully saturated rings. The summed E-state index contributed by atoms with van der Waals surface area (Å²) in [4.78, 5) is 30.0. The standard InChI is InChI=1S/C32H38N6O5S/c1-4-43-26-18-14-23(15-19-26)31(32(40)33-24-10-6-5-7-11-24)38(25-16-20-27(21-17-25)44(41,42)36(2)3)30(39)22-37-29-13-9-8-12-28(29)34-35-37/h8-9,12-21,24,31H,4-7,10-11,22H2,1-3H3,(H,33,40)/t31-/m0/s1. The highest BCUT2D eigenvalue weighted by atomic mass is 32.2. The Kier molecular flexibility index (Phi) is 9.60. The van der Waals surface area contributed by atoms with Crippen LogP contribution in [0.5, 0.6) is 5.75 Å². The summed E-state index contributed by atoms with van der Waals surface area (Å²) in [6.07, 6.45) is 4.94. The van der Waals surface area contributed by atoms with Crippen molar-refractivity contribution in [3.05, 3.63) is 78.4 Å². The maximum Gasteiger partial charge on any atom is 0.249 e. The van der Waals surface area contributed by atoms with E-state index in [0.29, 0.717) is 34.6 Å². The van der Waals surface area contributed by atoms with E-state index in [9.17, 15) is 18.0 Å². The molecule has 44 heavy (non-hydrogen) atoms. The molecule has 5 rings (SSSR count). The Hall–Kier alpha value is -4.29. The SMILES string of the molecule is CCOc1ccc([C@@H](C(=O)NC2CCCCC2)N(C(=O)Cn2nnc3ccccc32)c2ccc(S(=O)(=O)N(C)C)cc2)cc1. The largest absolute Gasteiger partial charge is 0.494 e. The number of rotatable bonds is 11. The predicted molar refractivity (Wildman–Crippen MR) is 168 cm³/mol. The van der Waals surface area contributed by atoms with Gasteiger partial charge in [0.2, 0.25) is 21.8 Å². The van der Waals surface area contributed by atoms with Crippen LogP contribution in [-0.4, -0.2) is 66.3 Å². The highest BCUT2D eigenvalue weighted by Crippen LogP contribution is 2.32. The van der Waals surface area contributed by atoms with Crippen LogP contribution in [0.3, 0.4) is 0 Å². The molecular formula is C32H38N6O5S. The Morgan fingerprint density at radius 1 is 0.977 bits per heavy atom. The van der Waals surface area contributed by atoms with Crippen LogP contribution in [0, 0.1) is 0 Å². The molecule has 0 bridgehead atoms. The van der Waals surface area contributed by atoms with E-state index in [4.69, 9.17) is 4.74 Å². The van der Waals surface area contributed by atoms with E-state index >= 15 is 0 Å². The molecule has 1 N–H and O–H groups in total. The summed E-state index contributed by atoms with van der Waals surface area (Å²) in [6.45, 7) is 2.19. The van der Waals surface area contributed by atoms with Gasteiger partial charge in [-0.15, -0.1) is 5.10 Å². The van der Waals surface area contributed by atoms with Crippen LogP contribution in [0.25, 0.3) is 11.0 Å². The average molecular weight is 619 g/mol. The Balaban J connectivity index is 1.59. The fourth-order valence-corrected chi connectivity index (χ4v) is 6.42. The molecule has 3 aromatic carbocycles. The lowest BCUT2D eigenvalue weighted by Crippen LogP contribution is -2.48. The van der Waals surface area contributed by atoms with Crippen molar-refractivity contribution in [3.8, 4) is 5.75 Å². The molecule has 0 radical (unpaired) electrons. The zero-order valence-electron chi connectivity index (χ0n) is 25.2. The fourth-order valence-electron chi connectivity index (χ4n) is 5.52. The van der Waals surface area contributed by atoms with E-state index in [2.05, 4.69) is 15.6 Å². The van der Waals surface area contributed by atoms with Crippen LogP contribution in [0.4, 0.5) is 5.69 Å². The predicted octanol–water partition coefficient (Wildman–Crippen LogP) is 4.30. The zero-order chi connectivity index (χ0) is 31.3. The van der Waals surface area contributed by atoms with Crippen LogP contribution in [0.15, 0.2) is 77.7 Å². The second-order valence-electron chi connectivity index (χ2n) is 11.0. The second-order valence-corrected chi connectivity index (χ2v) is 13.2. The lowest BCUT2D eigenvalue weighted by atomic mass is 9.94. The molecule has 11 nitrogen and oxygen atoms in total. The number of sulfonamides is 1. The summed E-state index contributed by atoms with van der Waals surface area (Å²) < 4.78 is 33.9. The van der Waals surface area contributed by atoms with Crippen LogP contribution >= 0.6 is 0 Å². The normalized spacial score (nSPS) is 14.8. The summed E-state index contributed by atoms with van der Waals surface area (Å²) in [5, 5.41) is 11.6. The summed E-state index contributed by atoms with van der Waals surface area (Å²) in [6, 6.07) is 19.4. The Morgan fingerprint density at radius 3 is 2.32 bits per heavy atom. The van der Waals surface area contributed by atoms with Crippen LogP contribution in [0.2, 0.25) is 0 Å². The molecule has 1 aliphatic rings. The van der Waals surface area contributed by atoms with Crippen LogP contribution in [-0.2, 0) is 26.2 Å². The number of ether oxygens (including phenoxy) is 1. The smallest absolute Gasteiger partial charge is 0.249 e. The van der Waals surface area contributed by atoms with Gasteiger partial charge in [0, 0.05) is 25.8 Å². The van der Waals surface area contributed by atoms with Crippen LogP contribution in [0.1, 0.15) is 50.6 Å². The number of benzene rings is 3. The molecule has 0 unspecified atom stereocenters. The summed E-state index contributed by atoms with van der Waals surface area (Å²) in [5.74, 6) is -0.0858. The monoisotopic (exact) mass is 618 g/mol. The number of carbonyl (C=O) groups is 2. The molecule has 12 heteroatoms. The number of fused-ring (bicyclic) bond motifs is 1. The first kappa shape index (κ1) is 31.1. The molecule has 1 heterocycles. The van der Waals surface area contributed by atoms with Gasteiger partial charge in [0.05, 0.1) is 17.0 Å². The number of hydrogen-bond acceptors (Lipinski definition) is 7. The molecule has 1 aromatic heterocycles. The van der Waals surface area contributed by atoms with Crippen molar-refractivity contribution in [2.24, 2.45) is 0 Å². The Labute approximate surface area is 257 Å². The molecule has 2 amide bonds. The lowest BCUT2D eigenvalue weighted by molar-refractivity contribution is -0.127. The topological polar surface area (TPSA) is 127 Å². The van der Waals surface area contributed by atoms with E-state index in [1.54, 1.807) is 36.4 Å². The number of aromatic nitrogens is 3. The molecule has 0 spiro atoms. The maximum atomic E-state index is 14.3. The van der Waals surface area contributed by atoms with Gasteiger partial charge >= 0.3 is 0 Å². The van der Waals surface area contributed by atoms with Crippen molar-refractivity contribution in [3.63, 3.8) is 0 Å². The van der Waals surface area contributed by atoms with E-state index in [1.807, 2.05) is 31.2 Å². The first-order valence-electron chi connectivity index (χ1n) is 14.8. The molecule has 4 aromatic rings. The molecule has 0 aliphatic heterocycles. The molecule has 232 valence electrons. The van der Waals surface area contributed by atoms with E-state index in [1.165, 1.54) is 35.8 Å². The van der Waals surface area contributed by atoms with Gasteiger partial charge in [-0.05, 0) is 73.9 Å². The van der Waals surface area contributed by atoms with Gasteiger partial charge in [0.25, 0.3) is 0 Å². The molecular weight excluding hydrogens is 580 g/mol.